The van der Waals surface area contributed by atoms with Gasteiger partial charge in [-0.1, -0.05) is 12.1 Å². The molecule has 6 nitrogen and oxygen atoms in total. The Labute approximate surface area is 89.4 Å². The van der Waals surface area contributed by atoms with E-state index in [-0.39, 0.29) is 16.8 Å². The van der Waals surface area contributed by atoms with E-state index in [9.17, 15) is 20.2 Å². The maximum atomic E-state index is 10.7. The normalized spacial score (nSPS) is 10.2. The van der Waals surface area contributed by atoms with Crippen LogP contribution in [0.1, 0.15) is 0 Å². The number of nitro groups is 2. The van der Waals surface area contributed by atoms with Crippen LogP contribution < -0.4 is 0 Å². The number of nitro benzene ring substituents is 2. The van der Waals surface area contributed by atoms with Crippen molar-refractivity contribution in [2.45, 2.75) is 0 Å². The largest absolute Gasteiger partial charge is 0.277 e. The van der Waals surface area contributed by atoms with Crippen LogP contribution in [0.15, 0.2) is 36.4 Å². The van der Waals surface area contributed by atoms with E-state index in [2.05, 4.69) is 0 Å². The van der Waals surface area contributed by atoms with Crippen LogP contribution in [-0.4, -0.2) is 9.85 Å². The average molecular weight is 218 g/mol. The van der Waals surface area contributed by atoms with Crippen LogP contribution in [-0.2, 0) is 0 Å². The van der Waals surface area contributed by atoms with Crippen molar-refractivity contribution in [1.82, 2.24) is 0 Å². The number of nitrogens with zero attached hydrogens (tertiary/aromatic N) is 2. The Morgan fingerprint density at radius 2 is 1.69 bits per heavy atom. The third kappa shape index (κ3) is 1.56. The third-order valence-corrected chi connectivity index (χ3v) is 2.25. The van der Waals surface area contributed by atoms with Crippen molar-refractivity contribution in [3.8, 4) is 0 Å². The number of hydrogen-bond acceptors (Lipinski definition) is 4. The fourth-order valence-corrected chi connectivity index (χ4v) is 1.52. The minimum Gasteiger partial charge on any atom is -0.258 e. The van der Waals surface area contributed by atoms with Gasteiger partial charge in [-0.05, 0) is 11.5 Å². The third-order valence-electron chi connectivity index (χ3n) is 2.25. The van der Waals surface area contributed by atoms with Crippen LogP contribution in [0.4, 0.5) is 11.4 Å². The molecule has 80 valence electrons. The molecule has 2 aromatic carbocycles. The second-order valence-electron chi connectivity index (χ2n) is 3.20. The van der Waals surface area contributed by atoms with Crippen molar-refractivity contribution >= 4 is 22.1 Å². The quantitative estimate of drug-likeness (QED) is 0.572. The smallest absolute Gasteiger partial charge is 0.258 e. The van der Waals surface area contributed by atoms with Gasteiger partial charge in [-0.3, -0.25) is 20.2 Å². The Kier molecular flexibility index (Phi) is 2.24. The highest BCUT2D eigenvalue weighted by Crippen LogP contribution is 2.28. The topological polar surface area (TPSA) is 86.3 Å². The molecule has 0 amide bonds. The van der Waals surface area contributed by atoms with E-state index < -0.39 is 9.85 Å². The average Bonchev–Trinajstić information content (AvgIpc) is 2.27. The summed E-state index contributed by atoms with van der Waals surface area (Å²) in [7, 11) is 0. The molecule has 2 aromatic rings. The maximum Gasteiger partial charge on any atom is 0.277 e. The first kappa shape index (κ1) is 10.0. The predicted octanol–water partition coefficient (Wildman–Crippen LogP) is 2.66. The van der Waals surface area contributed by atoms with Gasteiger partial charge in [-0.25, -0.2) is 0 Å². The lowest BCUT2D eigenvalue weighted by Gasteiger charge is -1.98. The lowest BCUT2D eigenvalue weighted by atomic mass is 10.1. The highest BCUT2D eigenvalue weighted by Gasteiger charge is 2.14. The Hall–Kier alpha value is -2.50. The summed E-state index contributed by atoms with van der Waals surface area (Å²) < 4.78 is 0. The number of rotatable bonds is 2. The van der Waals surface area contributed by atoms with Gasteiger partial charge in [0.2, 0.25) is 0 Å². The van der Waals surface area contributed by atoms with Gasteiger partial charge in [0.15, 0.2) is 0 Å². The molecule has 0 saturated carbocycles. The number of fused-ring (bicyclic) bond motifs is 1. The van der Waals surface area contributed by atoms with E-state index >= 15 is 0 Å². The van der Waals surface area contributed by atoms with Crippen LogP contribution in [0.25, 0.3) is 10.8 Å². The highest BCUT2D eigenvalue weighted by atomic mass is 16.6. The van der Waals surface area contributed by atoms with Crippen LogP contribution in [0.3, 0.4) is 0 Å². The number of benzene rings is 2. The van der Waals surface area contributed by atoms with Crippen LogP contribution in [0, 0.1) is 20.2 Å². The van der Waals surface area contributed by atoms with Crippen molar-refractivity contribution in [2.75, 3.05) is 0 Å². The number of non-ortho nitro benzene ring substituents is 2. The molecule has 2 rings (SSSR count). The fourth-order valence-electron chi connectivity index (χ4n) is 1.52. The second kappa shape index (κ2) is 3.58. The van der Waals surface area contributed by atoms with Gasteiger partial charge in [-0.2, -0.15) is 0 Å². The molecule has 0 atom stereocenters. The molecule has 0 saturated heterocycles. The molecule has 16 heavy (non-hydrogen) atoms. The SMILES string of the molecule is O=[N+]([O-])c1ccc2cccc([N+](=O)[O-])c2c1. The molecule has 0 unspecified atom stereocenters. The predicted molar refractivity (Wildman–Crippen MR) is 57.3 cm³/mol. The van der Waals surface area contributed by atoms with E-state index in [1.807, 2.05) is 0 Å². The molecule has 0 bridgehead atoms. The van der Waals surface area contributed by atoms with Crippen molar-refractivity contribution in [1.29, 1.82) is 0 Å². The summed E-state index contributed by atoms with van der Waals surface area (Å²) in [5.41, 5.74) is -0.275. The zero-order valence-electron chi connectivity index (χ0n) is 7.99. The molecule has 0 aliphatic heterocycles. The highest BCUT2D eigenvalue weighted by molar-refractivity contribution is 5.92. The standard InChI is InChI=1S/C10H6N2O4/c13-11(14)8-5-4-7-2-1-3-10(12(15)16)9(7)6-8/h1-6H. The summed E-state index contributed by atoms with van der Waals surface area (Å²) in [6, 6.07) is 8.59. The van der Waals surface area contributed by atoms with Gasteiger partial charge in [-0.15, -0.1) is 0 Å². The first-order chi connectivity index (χ1) is 7.59. The van der Waals surface area contributed by atoms with Gasteiger partial charge >= 0.3 is 0 Å². The van der Waals surface area contributed by atoms with E-state index in [0.717, 1.165) is 0 Å². The molecule has 0 radical (unpaired) electrons. The minimum absolute atomic E-state index is 0.124. The summed E-state index contributed by atoms with van der Waals surface area (Å²) in [6.07, 6.45) is 0. The zero-order valence-corrected chi connectivity index (χ0v) is 7.99. The lowest BCUT2D eigenvalue weighted by Crippen LogP contribution is -1.91. The summed E-state index contributed by atoms with van der Waals surface area (Å²) in [5.74, 6) is 0. The van der Waals surface area contributed by atoms with Gasteiger partial charge in [0.25, 0.3) is 11.4 Å². The van der Waals surface area contributed by atoms with E-state index in [4.69, 9.17) is 0 Å². The summed E-state index contributed by atoms with van der Waals surface area (Å²) >= 11 is 0. The first-order valence-electron chi connectivity index (χ1n) is 4.41. The lowest BCUT2D eigenvalue weighted by molar-refractivity contribution is -0.386. The van der Waals surface area contributed by atoms with Crippen molar-refractivity contribution in [2.24, 2.45) is 0 Å². The molecule has 0 aliphatic rings. The number of hydrogen-bond donors (Lipinski definition) is 0. The fraction of sp³-hybridized carbons (Fsp3) is 0. The van der Waals surface area contributed by atoms with Gasteiger partial charge in [0, 0.05) is 18.2 Å². The molecule has 6 heteroatoms. The molecule has 0 aliphatic carbocycles. The molecule has 0 fully saturated rings. The van der Waals surface area contributed by atoms with E-state index in [1.54, 1.807) is 12.1 Å². The van der Waals surface area contributed by atoms with Crippen molar-refractivity contribution in [3.05, 3.63) is 56.6 Å². The molecule has 0 aromatic heterocycles. The van der Waals surface area contributed by atoms with Crippen LogP contribution in [0.2, 0.25) is 0 Å². The first-order valence-corrected chi connectivity index (χ1v) is 4.41. The van der Waals surface area contributed by atoms with Crippen molar-refractivity contribution in [3.63, 3.8) is 0 Å². The van der Waals surface area contributed by atoms with E-state index in [1.165, 1.54) is 24.3 Å². The molecule has 0 N–H and O–H groups in total. The molecular weight excluding hydrogens is 212 g/mol. The van der Waals surface area contributed by atoms with Crippen molar-refractivity contribution < 1.29 is 9.85 Å². The summed E-state index contributed by atoms with van der Waals surface area (Å²) in [5, 5.41) is 22.2. The minimum atomic E-state index is -0.573. The summed E-state index contributed by atoms with van der Waals surface area (Å²) in [4.78, 5) is 20.2. The Bertz CT molecular complexity index is 594. The molecule has 0 heterocycles. The van der Waals surface area contributed by atoms with Gasteiger partial charge < -0.3 is 0 Å². The van der Waals surface area contributed by atoms with E-state index in [0.29, 0.717) is 5.39 Å². The second-order valence-corrected chi connectivity index (χ2v) is 3.20. The van der Waals surface area contributed by atoms with Gasteiger partial charge in [0.1, 0.15) is 0 Å². The maximum absolute atomic E-state index is 10.7. The van der Waals surface area contributed by atoms with Crippen LogP contribution >= 0.6 is 0 Å². The Morgan fingerprint density at radius 3 is 2.31 bits per heavy atom. The zero-order chi connectivity index (χ0) is 11.7. The summed E-state index contributed by atoms with van der Waals surface area (Å²) in [6.45, 7) is 0. The molecule has 0 spiro atoms. The Balaban J connectivity index is 2.78. The molecular formula is C10H6N2O4. The van der Waals surface area contributed by atoms with Crippen LogP contribution in [0.5, 0.6) is 0 Å². The Morgan fingerprint density at radius 1 is 0.938 bits per heavy atom. The van der Waals surface area contributed by atoms with Gasteiger partial charge in [0.05, 0.1) is 15.2 Å². The monoisotopic (exact) mass is 218 g/mol.